The first-order chi connectivity index (χ1) is 7.88. The van der Waals surface area contributed by atoms with E-state index in [-0.39, 0.29) is 0 Å². The summed E-state index contributed by atoms with van der Waals surface area (Å²) in [6.45, 7) is 4.44. The summed E-state index contributed by atoms with van der Waals surface area (Å²) in [6, 6.07) is 2.03. The average Bonchev–Trinajstić information content (AvgIpc) is 2.82. The SMILES string of the molecule is CCC1CCCC(CNCc2ccoc2)C1. The Labute approximate surface area is 98.4 Å². The van der Waals surface area contributed by atoms with Crippen LogP contribution in [-0.2, 0) is 6.54 Å². The second kappa shape index (κ2) is 6.09. The van der Waals surface area contributed by atoms with Gasteiger partial charge in [0.25, 0.3) is 0 Å². The summed E-state index contributed by atoms with van der Waals surface area (Å²) in [5.41, 5.74) is 1.25. The highest BCUT2D eigenvalue weighted by atomic mass is 16.3. The molecule has 0 aromatic carbocycles. The third-order valence-corrected chi connectivity index (χ3v) is 3.81. The maximum atomic E-state index is 5.05. The third kappa shape index (κ3) is 3.38. The zero-order valence-electron chi connectivity index (χ0n) is 10.2. The molecule has 1 aliphatic carbocycles. The van der Waals surface area contributed by atoms with Crippen molar-refractivity contribution in [3.63, 3.8) is 0 Å². The van der Waals surface area contributed by atoms with Gasteiger partial charge in [-0.2, -0.15) is 0 Å². The minimum absolute atomic E-state index is 0.894. The molecule has 1 aliphatic rings. The van der Waals surface area contributed by atoms with Gasteiger partial charge in [0.2, 0.25) is 0 Å². The molecule has 1 N–H and O–H groups in total. The van der Waals surface area contributed by atoms with Crippen LogP contribution >= 0.6 is 0 Å². The normalized spacial score (nSPS) is 25.8. The number of furan rings is 1. The van der Waals surface area contributed by atoms with E-state index < -0.39 is 0 Å². The van der Waals surface area contributed by atoms with Crippen LogP contribution in [0.4, 0.5) is 0 Å². The fraction of sp³-hybridized carbons (Fsp3) is 0.714. The lowest BCUT2D eigenvalue weighted by Gasteiger charge is -2.28. The van der Waals surface area contributed by atoms with Crippen molar-refractivity contribution >= 4 is 0 Å². The van der Waals surface area contributed by atoms with Crippen LogP contribution in [0.25, 0.3) is 0 Å². The molecule has 2 nitrogen and oxygen atoms in total. The van der Waals surface area contributed by atoms with E-state index in [1.54, 1.807) is 6.26 Å². The maximum Gasteiger partial charge on any atom is 0.0947 e. The van der Waals surface area contributed by atoms with Crippen molar-refractivity contribution in [3.8, 4) is 0 Å². The lowest BCUT2D eigenvalue weighted by Crippen LogP contribution is -2.26. The molecular weight excluding hydrogens is 198 g/mol. The van der Waals surface area contributed by atoms with Crippen LogP contribution in [0, 0.1) is 11.8 Å². The van der Waals surface area contributed by atoms with Crippen LogP contribution in [0.15, 0.2) is 23.0 Å². The molecule has 16 heavy (non-hydrogen) atoms. The van der Waals surface area contributed by atoms with E-state index in [9.17, 15) is 0 Å². The number of hydrogen-bond acceptors (Lipinski definition) is 2. The third-order valence-electron chi connectivity index (χ3n) is 3.81. The first-order valence-corrected chi connectivity index (χ1v) is 6.60. The minimum atomic E-state index is 0.894. The highest BCUT2D eigenvalue weighted by molar-refractivity contribution is 5.04. The van der Waals surface area contributed by atoms with Crippen LogP contribution in [0.3, 0.4) is 0 Å². The Kier molecular flexibility index (Phi) is 4.46. The van der Waals surface area contributed by atoms with Gasteiger partial charge >= 0.3 is 0 Å². The molecule has 1 saturated carbocycles. The smallest absolute Gasteiger partial charge is 0.0947 e. The van der Waals surface area contributed by atoms with Crippen molar-refractivity contribution in [3.05, 3.63) is 24.2 Å². The molecule has 0 saturated heterocycles. The van der Waals surface area contributed by atoms with Gasteiger partial charge < -0.3 is 9.73 Å². The van der Waals surface area contributed by atoms with E-state index in [2.05, 4.69) is 12.2 Å². The summed E-state index contributed by atoms with van der Waals surface area (Å²) in [7, 11) is 0. The summed E-state index contributed by atoms with van der Waals surface area (Å²) in [5, 5.41) is 3.54. The molecule has 90 valence electrons. The number of hydrogen-bond donors (Lipinski definition) is 1. The monoisotopic (exact) mass is 221 g/mol. The largest absolute Gasteiger partial charge is 0.472 e. The minimum Gasteiger partial charge on any atom is -0.472 e. The van der Waals surface area contributed by atoms with Crippen molar-refractivity contribution in [1.82, 2.24) is 5.32 Å². The summed E-state index contributed by atoms with van der Waals surface area (Å²) in [5.74, 6) is 1.88. The fourth-order valence-corrected chi connectivity index (χ4v) is 2.77. The van der Waals surface area contributed by atoms with Crippen LogP contribution in [0.2, 0.25) is 0 Å². The van der Waals surface area contributed by atoms with E-state index in [4.69, 9.17) is 4.42 Å². The Hall–Kier alpha value is -0.760. The van der Waals surface area contributed by atoms with Gasteiger partial charge in [0, 0.05) is 12.1 Å². The highest BCUT2D eigenvalue weighted by Crippen LogP contribution is 2.30. The predicted octanol–water partition coefficient (Wildman–Crippen LogP) is 3.59. The second-order valence-electron chi connectivity index (χ2n) is 5.07. The maximum absolute atomic E-state index is 5.05. The molecule has 0 spiro atoms. The molecule has 2 rings (SSSR count). The predicted molar refractivity (Wildman–Crippen MR) is 66.2 cm³/mol. The zero-order chi connectivity index (χ0) is 11.2. The van der Waals surface area contributed by atoms with Gasteiger partial charge in [-0.15, -0.1) is 0 Å². The fourth-order valence-electron chi connectivity index (χ4n) is 2.77. The van der Waals surface area contributed by atoms with E-state index in [1.165, 1.54) is 44.2 Å². The molecule has 2 unspecified atom stereocenters. The van der Waals surface area contributed by atoms with Crippen LogP contribution < -0.4 is 5.32 Å². The molecule has 0 amide bonds. The molecule has 1 aromatic rings. The topological polar surface area (TPSA) is 25.2 Å². The van der Waals surface area contributed by atoms with Gasteiger partial charge in [-0.1, -0.05) is 26.2 Å². The number of nitrogens with one attached hydrogen (secondary N) is 1. The van der Waals surface area contributed by atoms with E-state index in [0.29, 0.717) is 0 Å². The Morgan fingerprint density at radius 2 is 2.25 bits per heavy atom. The molecule has 1 heterocycles. The van der Waals surface area contributed by atoms with Crippen molar-refractivity contribution in [2.75, 3.05) is 6.54 Å². The van der Waals surface area contributed by atoms with Gasteiger partial charge in [0.15, 0.2) is 0 Å². The average molecular weight is 221 g/mol. The first kappa shape index (κ1) is 11.7. The quantitative estimate of drug-likeness (QED) is 0.822. The Morgan fingerprint density at radius 3 is 3.00 bits per heavy atom. The summed E-state index contributed by atoms with van der Waals surface area (Å²) in [6.07, 6.45) is 10.6. The molecule has 2 atom stereocenters. The van der Waals surface area contributed by atoms with Gasteiger partial charge in [0.05, 0.1) is 12.5 Å². The zero-order valence-corrected chi connectivity index (χ0v) is 10.2. The van der Waals surface area contributed by atoms with Crippen LogP contribution in [-0.4, -0.2) is 6.54 Å². The molecule has 0 bridgehead atoms. The number of rotatable bonds is 5. The summed E-state index contributed by atoms with van der Waals surface area (Å²) in [4.78, 5) is 0. The molecule has 1 fully saturated rings. The Balaban J connectivity index is 1.65. The van der Waals surface area contributed by atoms with Crippen molar-refractivity contribution < 1.29 is 4.42 Å². The van der Waals surface area contributed by atoms with Crippen molar-refractivity contribution in [2.45, 2.75) is 45.6 Å². The molecular formula is C14H23NO. The van der Waals surface area contributed by atoms with Crippen LogP contribution in [0.1, 0.15) is 44.6 Å². The Morgan fingerprint density at radius 1 is 1.38 bits per heavy atom. The molecule has 2 heteroatoms. The van der Waals surface area contributed by atoms with E-state index >= 15 is 0 Å². The van der Waals surface area contributed by atoms with Crippen LogP contribution in [0.5, 0.6) is 0 Å². The van der Waals surface area contributed by atoms with E-state index in [1.807, 2.05) is 12.3 Å². The van der Waals surface area contributed by atoms with Gasteiger partial charge in [0.1, 0.15) is 0 Å². The summed E-state index contributed by atoms with van der Waals surface area (Å²) >= 11 is 0. The highest BCUT2D eigenvalue weighted by Gasteiger charge is 2.20. The second-order valence-corrected chi connectivity index (χ2v) is 5.07. The summed E-state index contributed by atoms with van der Waals surface area (Å²) < 4.78 is 5.05. The van der Waals surface area contributed by atoms with Gasteiger partial charge in [-0.05, 0) is 37.3 Å². The molecule has 0 aliphatic heterocycles. The lowest BCUT2D eigenvalue weighted by atomic mass is 9.80. The van der Waals surface area contributed by atoms with E-state index in [0.717, 1.165) is 18.4 Å². The molecule has 1 aromatic heterocycles. The lowest BCUT2D eigenvalue weighted by molar-refractivity contribution is 0.254. The standard InChI is InChI=1S/C14H23NO/c1-2-12-4-3-5-13(8-12)9-15-10-14-6-7-16-11-14/h6-7,11-13,15H,2-5,8-10H2,1H3. The Bertz CT molecular complexity index is 281. The van der Waals surface area contributed by atoms with Crippen molar-refractivity contribution in [1.29, 1.82) is 0 Å². The van der Waals surface area contributed by atoms with Gasteiger partial charge in [-0.25, -0.2) is 0 Å². The van der Waals surface area contributed by atoms with Gasteiger partial charge in [-0.3, -0.25) is 0 Å². The molecule has 0 radical (unpaired) electrons. The van der Waals surface area contributed by atoms with Crippen molar-refractivity contribution in [2.24, 2.45) is 11.8 Å². The first-order valence-electron chi connectivity index (χ1n) is 6.60.